The summed E-state index contributed by atoms with van der Waals surface area (Å²) in [6.45, 7) is 5.85. The van der Waals surface area contributed by atoms with Crippen molar-refractivity contribution in [2.24, 2.45) is 0 Å². The van der Waals surface area contributed by atoms with E-state index in [4.69, 9.17) is 4.74 Å². The minimum absolute atomic E-state index is 0.931. The molecule has 0 unspecified atom stereocenters. The van der Waals surface area contributed by atoms with E-state index in [0.29, 0.717) is 0 Å². The first-order valence-electron chi connectivity index (χ1n) is 4.88. The lowest BCUT2D eigenvalue weighted by Crippen LogP contribution is -2.24. The molecule has 0 fully saturated rings. The van der Waals surface area contributed by atoms with E-state index in [1.54, 1.807) is 7.11 Å². The highest BCUT2D eigenvalue weighted by Gasteiger charge is 2.14. The highest BCUT2D eigenvalue weighted by Crippen LogP contribution is 2.28. The second-order valence-corrected chi connectivity index (χ2v) is 3.45. The summed E-state index contributed by atoms with van der Waals surface area (Å²) in [6.07, 6.45) is 2.96. The smallest absolute Gasteiger partial charge is 0.126 e. The Balaban J connectivity index is 2.55. The third-order valence-corrected chi connectivity index (χ3v) is 2.71. The van der Waals surface area contributed by atoms with Gasteiger partial charge in [0.15, 0.2) is 0 Å². The van der Waals surface area contributed by atoms with Gasteiger partial charge in [0.25, 0.3) is 0 Å². The van der Waals surface area contributed by atoms with Gasteiger partial charge in [0.1, 0.15) is 5.75 Å². The van der Waals surface area contributed by atoms with Crippen LogP contribution in [0.25, 0.3) is 6.08 Å². The van der Waals surface area contributed by atoms with Crippen molar-refractivity contribution in [1.82, 2.24) is 5.32 Å². The summed E-state index contributed by atoms with van der Waals surface area (Å²) in [7, 11) is 1.70. The second-order valence-electron chi connectivity index (χ2n) is 3.45. The Morgan fingerprint density at radius 2 is 2.36 bits per heavy atom. The van der Waals surface area contributed by atoms with Crippen LogP contribution in [0.15, 0.2) is 18.7 Å². The van der Waals surface area contributed by atoms with Crippen LogP contribution >= 0.6 is 0 Å². The molecule has 2 rings (SSSR count). The molecule has 2 heteroatoms. The third kappa shape index (κ3) is 1.42. The Morgan fingerprint density at radius 3 is 3.07 bits per heavy atom. The lowest BCUT2D eigenvalue weighted by Gasteiger charge is -2.20. The maximum Gasteiger partial charge on any atom is 0.126 e. The van der Waals surface area contributed by atoms with Crippen LogP contribution < -0.4 is 10.1 Å². The molecular weight excluding hydrogens is 174 g/mol. The molecule has 1 aliphatic heterocycles. The maximum atomic E-state index is 5.31. The molecule has 0 spiro atoms. The molecule has 0 saturated heterocycles. The number of hydrogen-bond acceptors (Lipinski definition) is 2. The first-order chi connectivity index (χ1) is 6.86. The lowest BCUT2D eigenvalue weighted by molar-refractivity contribution is 0.412. The van der Waals surface area contributed by atoms with Gasteiger partial charge in [0.05, 0.1) is 7.11 Å². The number of fused-ring (bicyclic) bond motifs is 1. The first-order valence-corrected chi connectivity index (χ1v) is 4.88. The molecule has 1 aromatic carbocycles. The topological polar surface area (TPSA) is 21.3 Å². The molecule has 1 aromatic rings. The first kappa shape index (κ1) is 9.28. The molecule has 0 aromatic heterocycles. The van der Waals surface area contributed by atoms with Gasteiger partial charge >= 0.3 is 0 Å². The van der Waals surface area contributed by atoms with Crippen LogP contribution in [0.4, 0.5) is 0 Å². The van der Waals surface area contributed by atoms with Crippen LogP contribution in [0.1, 0.15) is 16.7 Å². The molecule has 0 amide bonds. The minimum atomic E-state index is 0.931. The molecule has 0 bridgehead atoms. The molecule has 0 aliphatic carbocycles. The average Bonchev–Trinajstić information content (AvgIpc) is 2.27. The fourth-order valence-corrected chi connectivity index (χ4v) is 1.99. The molecule has 1 aliphatic rings. The summed E-state index contributed by atoms with van der Waals surface area (Å²) in [5.41, 5.74) is 3.91. The van der Waals surface area contributed by atoms with Crippen molar-refractivity contribution < 1.29 is 4.74 Å². The van der Waals surface area contributed by atoms with Gasteiger partial charge in [0.2, 0.25) is 0 Å². The quantitative estimate of drug-likeness (QED) is 0.768. The summed E-state index contributed by atoms with van der Waals surface area (Å²) in [5, 5.41) is 3.35. The monoisotopic (exact) mass is 189 g/mol. The molecular formula is C12H15NO. The van der Waals surface area contributed by atoms with Crippen LogP contribution in [-0.2, 0) is 13.0 Å². The summed E-state index contributed by atoms with van der Waals surface area (Å²) in [5.74, 6) is 0.931. The van der Waals surface area contributed by atoms with Gasteiger partial charge in [-0.2, -0.15) is 0 Å². The molecule has 0 atom stereocenters. The number of nitrogens with one attached hydrogen (secondary N) is 1. The van der Waals surface area contributed by atoms with Crippen molar-refractivity contribution in [3.05, 3.63) is 35.4 Å². The molecule has 2 nitrogen and oxygen atoms in total. The number of benzene rings is 1. The predicted octanol–water partition coefficient (Wildman–Crippen LogP) is 1.98. The minimum Gasteiger partial charge on any atom is -0.496 e. The van der Waals surface area contributed by atoms with Crippen molar-refractivity contribution in [1.29, 1.82) is 0 Å². The van der Waals surface area contributed by atoms with Crippen LogP contribution in [0.3, 0.4) is 0 Å². The second kappa shape index (κ2) is 3.84. The highest BCUT2D eigenvalue weighted by molar-refractivity contribution is 5.62. The van der Waals surface area contributed by atoms with E-state index < -0.39 is 0 Å². The van der Waals surface area contributed by atoms with Crippen LogP contribution in [0.5, 0.6) is 5.75 Å². The van der Waals surface area contributed by atoms with Crippen molar-refractivity contribution in [2.75, 3.05) is 13.7 Å². The summed E-state index contributed by atoms with van der Waals surface area (Å²) in [6, 6.07) is 4.15. The fraction of sp³-hybridized carbons (Fsp3) is 0.333. The molecule has 1 heterocycles. The van der Waals surface area contributed by atoms with Crippen LogP contribution in [-0.4, -0.2) is 13.7 Å². The van der Waals surface area contributed by atoms with Crippen LogP contribution in [0, 0.1) is 0 Å². The van der Waals surface area contributed by atoms with Gasteiger partial charge in [-0.05, 0) is 30.2 Å². The Hall–Kier alpha value is -1.28. The third-order valence-electron chi connectivity index (χ3n) is 2.71. The van der Waals surface area contributed by atoms with Crippen molar-refractivity contribution >= 4 is 6.08 Å². The number of ether oxygens (including phenoxy) is 1. The molecule has 74 valence electrons. The standard InChI is InChI=1S/C12H15NO/c1-3-10-11-6-7-13-8-9(11)4-5-12(10)14-2/h3-5,13H,1,6-8H2,2H3. The maximum absolute atomic E-state index is 5.31. The summed E-state index contributed by atoms with van der Waals surface area (Å²) >= 11 is 0. The average molecular weight is 189 g/mol. The molecule has 14 heavy (non-hydrogen) atoms. The van der Waals surface area contributed by atoms with Gasteiger partial charge in [-0.1, -0.05) is 18.7 Å². The number of hydrogen-bond donors (Lipinski definition) is 1. The van der Waals surface area contributed by atoms with Gasteiger partial charge in [-0.3, -0.25) is 0 Å². The molecule has 0 saturated carbocycles. The van der Waals surface area contributed by atoms with E-state index in [9.17, 15) is 0 Å². The van der Waals surface area contributed by atoms with Gasteiger partial charge in [0, 0.05) is 12.1 Å². The molecule has 0 radical (unpaired) electrons. The number of methoxy groups -OCH3 is 1. The Morgan fingerprint density at radius 1 is 1.50 bits per heavy atom. The van der Waals surface area contributed by atoms with Gasteiger partial charge in [-0.25, -0.2) is 0 Å². The fourth-order valence-electron chi connectivity index (χ4n) is 1.99. The zero-order valence-electron chi connectivity index (χ0n) is 8.47. The zero-order chi connectivity index (χ0) is 9.97. The largest absolute Gasteiger partial charge is 0.496 e. The van der Waals surface area contributed by atoms with E-state index in [1.165, 1.54) is 11.1 Å². The van der Waals surface area contributed by atoms with E-state index >= 15 is 0 Å². The van der Waals surface area contributed by atoms with E-state index in [1.807, 2.05) is 12.1 Å². The van der Waals surface area contributed by atoms with Crippen molar-refractivity contribution in [2.45, 2.75) is 13.0 Å². The zero-order valence-corrected chi connectivity index (χ0v) is 8.47. The summed E-state index contributed by atoms with van der Waals surface area (Å²) in [4.78, 5) is 0. The lowest BCUT2D eigenvalue weighted by atomic mass is 9.95. The van der Waals surface area contributed by atoms with E-state index in [2.05, 4.69) is 18.0 Å². The SMILES string of the molecule is C=Cc1c(OC)ccc2c1CCNC2. The number of rotatable bonds is 2. The molecule has 1 N–H and O–H groups in total. The van der Waals surface area contributed by atoms with E-state index in [-0.39, 0.29) is 0 Å². The summed E-state index contributed by atoms with van der Waals surface area (Å²) < 4.78 is 5.31. The predicted molar refractivity (Wildman–Crippen MR) is 58.5 cm³/mol. The van der Waals surface area contributed by atoms with Gasteiger partial charge in [-0.15, -0.1) is 0 Å². The normalized spacial score (nSPS) is 14.6. The van der Waals surface area contributed by atoms with Crippen molar-refractivity contribution in [3.63, 3.8) is 0 Å². The Bertz CT molecular complexity index is 358. The van der Waals surface area contributed by atoms with Crippen LogP contribution in [0.2, 0.25) is 0 Å². The Kier molecular flexibility index (Phi) is 2.55. The van der Waals surface area contributed by atoms with E-state index in [0.717, 1.165) is 30.8 Å². The van der Waals surface area contributed by atoms with Gasteiger partial charge < -0.3 is 10.1 Å². The van der Waals surface area contributed by atoms with Crippen molar-refractivity contribution in [3.8, 4) is 5.75 Å². The Labute approximate surface area is 84.6 Å². The highest BCUT2D eigenvalue weighted by atomic mass is 16.5.